The smallest absolute Gasteiger partial charge is 0.379 e. The van der Waals surface area contributed by atoms with E-state index in [0.717, 1.165) is 30.8 Å². The SMILES string of the molecule is O=C(c1cccc(CN2CCOCC2)c1)c1cccc(C(F)(F)F)c1. The highest BCUT2D eigenvalue weighted by molar-refractivity contribution is 6.09. The molecule has 0 bridgehead atoms. The molecule has 0 saturated carbocycles. The molecule has 0 radical (unpaired) electrons. The van der Waals surface area contributed by atoms with Crippen molar-refractivity contribution < 1.29 is 22.7 Å². The maximum Gasteiger partial charge on any atom is 0.416 e. The monoisotopic (exact) mass is 349 g/mol. The lowest BCUT2D eigenvalue weighted by atomic mass is 9.99. The molecule has 1 heterocycles. The number of hydrogen-bond acceptors (Lipinski definition) is 3. The Morgan fingerprint density at radius 1 is 1.00 bits per heavy atom. The van der Waals surface area contributed by atoms with Gasteiger partial charge >= 0.3 is 6.18 Å². The summed E-state index contributed by atoms with van der Waals surface area (Å²) >= 11 is 0. The molecule has 1 saturated heterocycles. The van der Waals surface area contributed by atoms with Crippen LogP contribution in [0.4, 0.5) is 13.2 Å². The van der Waals surface area contributed by atoms with E-state index in [-0.39, 0.29) is 5.56 Å². The predicted octanol–water partition coefficient (Wildman–Crippen LogP) is 3.77. The Labute approximate surface area is 144 Å². The summed E-state index contributed by atoms with van der Waals surface area (Å²) in [4.78, 5) is 14.8. The maximum absolute atomic E-state index is 12.8. The number of alkyl halides is 3. The van der Waals surface area contributed by atoms with Gasteiger partial charge in [-0.15, -0.1) is 0 Å². The van der Waals surface area contributed by atoms with Gasteiger partial charge < -0.3 is 4.74 Å². The van der Waals surface area contributed by atoms with Crippen molar-refractivity contribution in [1.29, 1.82) is 0 Å². The average molecular weight is 349 g/mol. The molecule has 0 amide bonds. The number of carbonyl (C=O) groups excluding carboxylic acids is 1. The lowest BCUT2D eigenvalue weighted by molar-refractivity contribution is -0.137. The second-order valence-corrected chi connectivity index (χ2v) is 6.00. The number of halogens is 3. The summed E-state index contributed by atoms with van der Waals surface area (Å²) in [5.41, 5.74) is 0.575. The molecule has 0 aromatic heterocycles. The third kappa shape index (κ3) is 4.46. The summed E-state index contributed by atoms with van der Waals surface area (Å²) in [7, 11) is 0. The van der Waals surface area contributed by atoms with Crippen LogP contribution in [-0.4, -0.2) is 37.0 Å². The summed E-state index contributed by atoms with van der Waals surface area (Å²) in [6, 6.07) is 11.6. The number of benzene rings is 2. The summed E-state index contributed by atoms with van der Waals surface area (Å²) < 4.78 is 43.8. The highest BCUT2D eigenvalue weighted by Gasteiger charge is 2.31. The van der Waals surface area contributed by atoms with E-state index in [1.54, 1.807) is 18.2 Å². The number of ether oxygens (including phenoxy) is 1. The molecule has 0 atom stereocenters. The zero-order valence-electron chi connectivity index (χ0n) is 13.6. The van der Waals surface area contributed by atoms with Crippen molar-refractivity contribution in [2.24, 2.45) is 0 Å². The molecule has 1 aliphatic rings. The van der Waals surface area contributed by atoms with Crippen LogP contribution < -0.4 is 0 Å². The fraction of sp³-hybridized carbons (Fsp3) is 0.316. The molecule has 132 valence electrons. The minimum absolute atomic E-state index is 0.0401. The second kappa shape index (κ2) is 7.37. The molecule has 1 aliphatic heterocycles. The predicted molar refractivity (Wildman–Crippen MR) is 87.4 cm³/mol. The molecular weight excluding hydrogens is 331 g/mol. The largest absolute Gasteiger partial charge is 0.416 e. The van der Waals surface area contributed by atoms with E-state index in [2.05, 4.69) is 4.90 Å². The Bertz CT molecular complexity index is 752. The molecule has 0 N–H and O–H groups in total. The third-order valence-electron chi connectivity index (χ3n) is 4.15. The number of morpholine rings is 1. The van der Waals surface area contributed by atoms with Gasteiger partial charge in [0.15, 0.2) is 5.78 Å². The van der Waals surface area contributed by atoms with Crippen molar-refractivity contribution in [1.82, 2.24) is 4.90 Å². The molecule has 0 spiro atoms. The van der Waals surface area contributed by atoms with Gasteiger partial charge in [0.1, 0.15) is 0 Å². The molecule has 6 heteroatoms. The van der Waals surface area contributed by atoms with E-state index in [0.29, 0.717) is 25.3 Å². The van der Waals surface area contributed by atoms with Gasteiger partial charge in [-0.1, -0.05) is 30.3 Å². The van der Waals surface area contributed by atoms with E-state index in [9.17, 15) is 18.0 Å². The van der Waals surface area contributed by atoms with Gasteiger partial charge in [-0.2, -0.15) is 13.2 Å². The van der Waals surface area contributed by atoms with Crippen molar-refractivity contribution in [2.75, 3.05) is 26.3 Å². The van der Waals surface area contributed by atoms with Crippen LogP contribution >= 0.6 is 0 Å². The first-order valence-electron chi connectivity index (χ1n) is 8.04. The third-order valence-corrected chi connectivity index (χ3v) is 4.15. The van der Waals surface area contributed by atoms with Crippen LogP contribution in [0.2, 0.25) is 0 Å². The van der Waals surface area contributed by atoms with Gasteiger partial charge in [-0.3, -0.25) is 9.69 Å². The standard InChI is InChI=1S/C19H18F3NO2/c20-19(21,22)17-6-2-5-16(12-17)18(24)15-4-1-3-14(11-15)13-23-7-9-25-10-8-23/h1-6,11-12H,7-10,13H2. The molecule has 0 aliphatic carbocycles. The fourth-order valence-corrected chi connectivity index (χ4v) is 2.83. The maximum atomic E-state index is 12.8. The van der Waals surface area contributed by atoms with Crippen molar-refractivity contribution in [3.63, 3.8) is 0 Å². The van der Waals surface area contributed by atoms with Crippen LogP contribution in [0.25, 0.3) is 0 Å². The molecule has 1 fully saturated rings. The first-order valence-corrected chi connectivity index (χ1v) is 8.04. The normalized spacial score (nSPS) is 16.0. The first kappa shape index (κ1) is 17.6. The highest BCUT2D eigenvalue weighted by Crippen LogP contribution is 2.30. The Balaban J connectivity index is 1.79. The molecule has 3 rings (SSSR count). The number of carbonyl (C=O) groups is 1. The quantitative estimate of drug-likeness (QED) is 0.787. The zero-order chi connectivity index (χ0) is 17.9. The van der Waals surface area contributed by atoms with E-state index in [1.165, 1.54) is 12.1 Å². The summed E-state index contributed by atoms with van der Waals surface area (Å²) in [6.45, 7) is 3.70. The molecule has 2 aromatic rings. The van der Waals surface area contributed by atoms with Crippen LogP contribution in [0.5, 0.6) is 0 Å². The zero-order valence-corrected chi connectivity index (χ0v) is 13.6. The van der Waals surface area contributed by atoms with Crippen molar-refractivity contribution in [3.05, 3.63) is 70.8 Å². The molecule has 0 unspecified atom stereocenters. The van der Waals surface area contributed by atoms with E-state index in [4.69, 9.17) is 4.74 Å². The number of rotatable bonds is 4. The van der Waals surface area contributed by atoms with E-state index < -0.39 is 17.5 Å². The molecule has 25 heavy (non-hydrogen) atoms. The summed E-state index contributed by atoms with van der Waals surface area (Å²) in [6.07, 6.45) is -4.46. The van der Waals surface area contributed by atoms with Gasteiger partial charge in [-0.25, -0.2) is 0 Å². The molecule has 2 aromatic carbocycles. The van der Waals surface area contributed by atoms with Gasteiger partial charge in [0.2, 0.25) is 0 Å². The Morgan fingerprint density at radius 2 is 1.64 bits per heavy atom. The lowest BCUT2D eigenvalue weighted by Gasteiger charge is -2.26. The number of hydrogen-bond donors (Lipinski definition) is 0. The van der Waals surface area contributed by atoms with Crippen LogP contribution in [0, 0.1) is 0 Å². The summed E-state index contributed by atoms with van der Waals surface area (Å²) in [5.74, 6) is -0.407. The Morgan fingerprint density at radius 3 is 2.32 bits per heavy atom. The molecule has 3 nitrogen and oxygen atoms in total. The van der Waals surface area contributed by atoms with Crippen molar-refractivity contribution in [3.8, 4) is 0 Å². The van der Waals surface area contributed by atoms with E-state index >= 15 is 0 Å². The van der Waals surface area contributed by atoms with Gasteiger partial charge in [0.05, 0.1) is 18.8 Å². The van der Waals surface area contributed by atoms with Crippen LogP contribution in [0.15, 0.2) is 48.5 Å². The summed E-state index contributed by atoms with van der Waals surface area (Å²) in [5, 5.41) is 0. The molecular formula is C19H18F3NO2. The minimum Gasteiger partial charge on any atom is -0.379 e. The topological polar surface area (TPSA) is 29.5 Å². The van der Waals surface area contributed by atoms with Gasteiger partial charge in [0, 0.05) is 30.8 Å². The average Bonchev–Trinajstić information content (AvgIpc) is 2.61. The van der Waals surface area contributed by atoms with Gasteiger partial charge in [-0.05, 0) is 23.8 Å². The highest BCUT2D eigenvalue weighted by atomic mass is 19.4. The van der Waals surface area contributed by atoms with E-state index in [1.807, 2.05) is 6.07 Å². The number of ketones is 1. The first-order chi connectivity index (χ1) is 11.9. The van der Waals surface area contributed by atoms with Crippen molar-refractivity contribution in [2.45, 2.75) is 12.7 Å². The fourth-order valence-electron chi connectivity index (χ4n) is 2.83. The van der Waals surface area contributed by atoms with Crippen LogP contribution in [0.3, 0.4) is 0 Å². The second-order valence-electron chi connectivity index (χ2n) is 6.00. The van der Waals surface area contributed by atoms with Crippen LogP contribution in [0.1, 0.15) is 27.0 Å². The van der Waals surface area contributed by atoms with Crippen LogP contribution in [-0.2, 0) is 17.5 Å². The number of nitrogens with zero attached hydrogens (tertiary/aromatic N) is 1. The Hall–Kier alpha value is -2.18. The minimum atomic E-state index is -4.46. The van der Waals surface area contributed by atoms with Gasteiger partial charge in [0.25, 0.3) is 0 Å². The Kier molecular flexibility index (Phi) is 5.20. The lowest BCUT2D eigenvalue weighted by Crippen LogP contribution is -2.35. The van der Waals surface area contributed by atoms with Crippen molar-refractivity contribution >= 4 is 5.78 Å².